The summed E-state index contributed by atoms with van der Waals surface area (Å²) in [5.74, 6) is 0.932. The van der Waals surface area contributed by atoms with Crippen molar-refractivity contribution in [3.8, 4) is 0 Å². The van der Waals surface area contributed by atoms with Crippen molar-refractivity contribution in [2.24, 2.45) is 10.4 Å². The van der Waals surface area contributed by atoms with Crippen molar-refractivity contribution < 1.29 is 4.74 Å². The Balaban J connectivity index is 0.00000392. The third kappa shape index (κ3) is 8.25. The Morgan fingerprint density at radius 3 is 2.54 bits per heavy atom. The predicted molar refractivity (Wildman–Crippen MR) is 130 cm³/mol. The second kappa shape index (κ2) is 13.4. The van der Waals surface area contributed by atoms with Crippen LogP contribution < -0.4 is 10.6 Å². The van der Waals surface area contributed by atoms with Crippen molar-refractivity contribution >= 4 is 29.9 Å². The Labute approximate surface area is 188 Å². The number of likely N-dealkylation sites (N-methyl/N-ethyl adjacent to an activating group) is 1. The van der Waals surface area contributed by atoms with Gasteiger partial charge < -0.3 is 15.4 Å². The maximum atomic E-state index is 5.30. The topological polar surface area (TPSA) is 48.9 Å². The van der Waals surface area contributed by atoms with E-state index in [-0.39, 0.29) is 24.0 Å². The van der Waals surface area contributed by atoms with Crippen molar-refractivity contribution in [1.29, 1.82) is 0 Å². The van der Waals surface area contributed by atoms with Gasteiger partial charge in [0.05, 0.1) is 0 Å². The first-order valence-corrected chi connectivity index (χ1v) is 10.3. The third-order valence-electron chi connectivity index (χ3n) is 5.76. The number of guanidine groups is 1. The first kappa shape index (κ1) is 25.2. The number of ether oxygens (including phenoxy) is 1. The number of benzene rings is 1. The number of nitrogens with zero attached hydrogens (tertiary/aromatic N) is 2. The van der Waals surface area contributed by atoms with Crippen molar-refractivity contribution in [3.05, 3.63) is 35.9 Å². The molecule has 28 heavy (non-hydrogen) atoms. The van der Waals surface area contributed by atoms with Gasteiger partial charge in [-0.3, -0.25) is 9.89 Å². The molecule has 1 aliphatic rings. The molecule has 0 heterocycles. The summed E-state index contributed by atoms with van der Waals surface area (Å²) in [7, 11) is 3.96. The summed E-state index contributed by atoms with van der Waals surface area (Å²) >= 11 is 0. The summed E-state index contributed by atoms with van der Waals surface area (Å²) in [6, 6.07) is 11.0. The van der Waals surface area contributed by atoms with Crippen LogP contribution in [0.4, 0.5) is 0 Å². The minimum absolute atomic E-state index is 0. The largest absolute Gasteiger partial charge is 0.385 e. The molecule has 2 N–H and O–H groups in total. The Kier molecular flexibility index (Phi) is 12.0. The first-order chi connectivity index (χ1) is 13.1. The molecular weight excluding hydrogens is 463 g/mol. The lowest BCUT2D eigenvalue weighted by Gasteiger charge is -2.40. The Bertz CT molecular complexity index is 563. The lowest BCUT2D eigenvalue weighted by Crippen LogP contribution is -2.45. The highest BCUT2D eigenvalue weighted by Gasteiger charge is 2.36. The smallest absolute Gasteiger partial charge is 0.191 e. The number of rotatable bonds is 11. The van der Waals surface area contributed by atoms with E-state index in [1.165, 1.54) is 24.8 Å². The molecule has 1 aromatic carbocycles. The zero-order valence-corrected chi connectivity index (χ0v) is 20.4. The van der Waals surface area contributed by atoms with E-state index in [4.69, 9.17) is 9.73 Å². The maximum absolute atomic E-state index is 5.30. The van der Waals surface area contributed by atoms with Gasteiger partial charge in [0.25, 0.3) is 0 Å². The fourth-order valence-corrected chi connectivity index (χ4v) is 3.50. The number of hydrogen-bond donors (Lipinski definition) is 2. The van der Waals surface area contributed by atoms with Gasteiger partial charge in [-0.1, -0.05) is 36.8 Å². The molecule has 0 radical (unpaired) electrons. The van der Waals surface area contributed by atoms with Gasteiger partial charge in [-0.15, -0.1) is 24.0 Å². The standard InChI is InChI=1S/C22H38N4O.HI/c1-5-23-21(25-18-22(12-9-13-22)14-15-27-4)24-16-19(2)26(3)17-20-10-7-6-8-11-20;/h6-8,10-11,19H,5,9,12-18H2,1-4H3,(H2,23,24,25);1H. The van der Waals surface area contributed by atoms with Gasteiger partial charge in [-0.25, -0.2) is 0 Å². The number of halogens is 1. The summed E-state index contributed by atoms with van der Waals surface area (Å²) in [6.45, 7) is 8.81. The van der Waals surface area contributed by atoms with Gasteiger partial charge in [0, 0.05) is 45.9 Å². The lowest BCUT2D eigenvalue weighted by atomic mass is 9.67. The maximum Gasteiger partial charge on any atom is 0.191 e. The molecule has 0 bridgehead atoms. The van der Waals surface area contributed by atoms with Crippen LogP contribution in [-0.4, -0.2) is 57.3 Å². The molecule has 1 unspecified atom stereocenters. The van der Waals surface area contributed by atoms with Crippen molar-refractivity contribution in [3.63, 3.8) is 0 Å². The summed E-state index contributed by atoms with van der Waals surface area (Å²) in [4.78, 5) is 7.27. The highest BCUT2D eigenvalue weighted by molar-refractivity contribution is 14.0. The Hall–Kier alpha value is -0.860. The predicted octanol–water partition coefficient (Wildman–Crippen LogP) is 3.89. The molecular formula is C22H39IN4O. The van der Waals surface area contributed by atoms with E-state index in [2.05, 4.69) is 66.8 Å². The third-order valence-corrected chi connectivity index (χ3v) is 5.76. The minimum atomic E-state index is 0. The fraction of sp³-hybridized carbons (Fsp3) is 0.682. The van der Waals surface area contributed by atoms with E-state index in [9.17, 15) is 0 Å². The molecule has 2 rings (SSSR count). The number of methoxy groups -OCH3 is 1. The van der Waals surface area contributed by atoms with Crippen LogP contribution >= 0.6 is 24.0 Å². The zero-order valence-electron chi connectivity index (χ0n) is 18.0. The molecule has 5 nitrogen and oxygen atoms in total. The fourth-order valence-electron chi connectivity index (χ4n) is 3.50. The van der Waals surface area contributed by atoms with Gasteiger partial charge in [0.15, 0.2) is 5.96 Å². The second-order valence-corrected chi connectivity index (χ2v) is 7.92. The number of aliphatic imine (C=N–C) groups is 1. The zero-order chi connectivity index (χ0) is 19.5. The van der Waals surface area contributed by atoms with Crippen molar-refractivity contribution in [2.45, 2.75) is 52.1 Å². The normalized spacial score (nSPS) is 16.8. The second-order valence-electron chi connectivity index (χ2n) is 7.92. The van der Waals surface area contributed by atoms with Crippen LogP contribution in [0, 0.1) is 5.41 Å². The van der Waals surface area contributed by atoms with E-state index in [0.29, 0.717) is 11.5 Å². The molecule has 1 aromatic rings. The van der Waals surface area contributed by atoms with Crippen molar-refractivity contribution in [1.82, 2.24) is 15.5 Å². The van der Waals surface area contributed by atoms with Gasteiger partial charge in [0.1, 0.15) is 0 Å². The summed E-state index contributed by atoms with van der Waals surface area (Å²) < 4.78 is 5.30. The average Bonchev–Trinajstić information content (AvgIpc) is 2.65. The van der Waals surface area contributed by atoms with E-state index >= 15 is 0 Å². The molecule has 0 saturated heterocycles. The molecule has 0 aliphatic heterocycles. The summed E-state index contributed by atoms with van der Waals surface area (Å²) in [5, 5.41) is 6.92. The van der Waals surface area contributed by atoms with Crippen LogP contribution in [0.15, 0.2) is 35.3 Å². The molecule has 6 heteroatoms. The van der Waals surface area contributed by atoms with Crippen LogP contribution in [0.5, 0.6) is 0 Å². The van der Waals surface area contributed by atoms with Gasteiger partial charge in [0.2, 0.25) is 0 Å². The lowest BCUT2D eigenvalue weighted by molar-refractivity contribution is 0.0778. The van der Waals surface area contributed by atoms with Crippen molar-refractivity contribution in [2.75, 3.05) is 40.4 Å². The monoisotopic (exact) mass is 502 g/mol. The summed E-state index contributed by atoms with van der Waals surface area (Å²) in [5.41, 5.74) is 1.70. The van der Waals surface area contributed by atoms with Gasteiger partial charge in [-0.2, -0.15) is 0 Å². The Morgan fingerprint density at radius 1 is 1.25 bits per heavy atom. The molecule has 0 aromatic heterocycles. The van der Waals surface area contributed by atoms with E-state index in [1.54, 1.807) is 7.11 Å². The van der Waals surface area contributed by atoms with E-state index in [0.717, 1.165) is 45.2 Å². The van der Waals surface area contributed by atoms with Gasteiger partial charge >= 0.3 is 0 Å². The molecule has 0 spiro atoms. The molecule has 1 fully saturated rings. The first-order valence-electron chi connectivity index (χ1n) is 10.3. The molecule has 1 atom stereocenters. The number of nitrogens with one attached hydrogen (secondary N) is 2. The van der Waals surface area contributed by atoms with Crippen LogP contribution in [-0.2, 0) is 11.3 Å². The minimum Gasteiger partial charge on any atom is -0.385 e. The molecule has 0 amide bonds. The summed E-state index contributed by atoms with van der Waals surface area (Å²) in [6.07, 6.45) is 4.98. The Morgan fingerprint density at radius 2 is 1.96 bits per heavy atom. The molecule has 1 aliphatic carbocycles. The van der Waals surface area contributed by atoms with Crippen LogP contribution in [0.3, 0.4) is 0 Å². The molecule has 160 valence electrons. The quantitative estimate of drug-likeness (QED) is 0.274. The van der Waals surface area contributed by atoms with Crippen LogP contribution in [0.1, 0.15) is 45.1 Å². The van der Waals surface area contributed by atoms with Crippen LogP contribution in [0.25, 0.3) is 0 Å². The SMILES string of the molecule is CCNC(=NCC1(CCOC)CCC1)NCC(C)N(C)Cc1ccccc1.I. The van der Waals surface area contributed by atoms with Gasteiger partial charge in [-0.05, 0) is 51.1 Å². The van der Waals surface area contributed by atoms with E-state index in [1.807, 2.05) is 0 Å². The highest BCUT2D eigenvalue weighted by Crippen LogP contribution is 2.44. The average molecular weight is 502 g/mol. The molecule has 1 saturated carbocycles. The van der Waals surface area contributed by atoms with Crippen LogP contribution in [0.2, 0.25) is 0 Å². The van der Waals surface area contributed by atoms with E-state index < -0.39 is 0 Å². The highest BCUT2D eigenvalue weighted by atomic mass is 127. The number of hydrogen-bond acceptors (Lipinski definition) is 3.